The number of ether oxygens (including phenoxy) is 2. The van der Waals surface area contributed by atoms with Crippen LogP contribution in [0.15, 0.2) is 27.9 Å². The number of aryl methyl sites for hydroxylation is 1. The van der Waals surface area contributed by atoms with Crippen LogP contribution in [0.2, 0.25) is 0 Å². The number of aromatic nitrogens is 6. The van der Waals surface area contributed by atoms with E-state index < -0.39 is 0 Å². The van der Waals surface area contributed by atoms with E-state index in [4.69, 9.17) is 14.0 Å². The second-order valence-electron chi connectivity index (χ2n) is 4.45. The van der Waals surface area contributed by atoms with Gasteiger partial charge in [0.15, 0.2) is 11.5 Å². The van der Waals surface area contributed by atoms with Crippen molar-refractivity contribution < 1.29 is 14.0 Å². The molecule has 9 nitrogen and oxygen atoms in total. The third kappa shape index (κ3) is 2.37. The number of rotatable bonds is 4. The summed E-state index contributed by atoms with van der Waals surface area (Å²) in [6.45, 7) is 0.235. The van der Waals surface area contributed by atoms with Crippen LogP contribution < -0.4 is 9.47 Å². The third-order valence-corrected chi connectivity index (χ3v) is 4.00. The second kappa shape index (κ2) is 5.30. The molecule has 0 N–H and O–H groups in total. The lowest BCUT2D eigenvalue weighted by atomic mass is 10.2. The maximum Gasteiger partial charge on any atom is 0.237 e. The van der Waals surface area contributed by atoms with Gasteiger partial charge in [0.05, 0.1) is 5.75 Å². The first-order valence-corrected chi connectivity index (χ1v) is 7.36. The first-order valence-electron chi connectivity index (χ1n) is 6.37. The van der Waals surface area contributed by atoms with Crippen molar-refractivity contribution in [2.75, 3.05) is 6.79 Å². The summed E-state index contributed by atoms with van der Waals surface area (Å²) >= 11 is 1.42. The topological polar surface area (TPSA) is 101 Å². The van der Waals surface area contributed by atoms with Crippen molar-refractivity contribution in [3.05, 3.63) is 24.1 Å². The van der Waals surface area contributed by atoms with E-state index in [0.29, 0.717) is 28.4 Å². The van der Waals surface area contributed by atoms with Gasteiger partial charge in [-0.25, -0.2) is 4.68 Å². The predicted octanol–water partition coefficient (Wildman–Crippen LogP) is 1.28. The Balaban J connectivity index is 1.50. The SMILES string of the molecule is Cn1nnnc1SCc1nc(-c2ccc3c(c2)OCO3)no1. The van der Waals surface area contributed by atoms with Crippen LogP contribution >= 0.6 is 11.8 Å². The van der Waals surface area contributed by atoms with Gasteiger partial charge in [0.2, 0.25) is 23.7 Å². The number of nitrogens with zero attached hydrogens (tertiary/aromatic N) is 6. The van der Waals surface area contributed by atoms with E-state index in [1.807, 2.05) is 18.2 Å². The molecular formula is C12H10N6O3S. The van der Waals surface area contributed by atoms with Gasteiger partial charge in [-0.15, -0.1) is 5.10 Å². The molecule has 0 bridgehead atoms. The van der Waals surface area contributed by atoms with Crippen molar-refractivity contribution in [3.63, 3.8) is 0 Å². The molecule has 1 aliphatic rings. The fraction of sp³-hybridized carbons (Fsp3) is 0.250. The van der Waals surface area contributed by atoms with Gasteiger partial charge in [-0.1, -0.05) is 16.9 Å². The highest BCUT2D eigenvalue weighted by molar-refractivity contribution is 7.98. The summed E-state index contributed by atoms with van der Waals surface area (Å²) in [5.74, 6) is 2.90. The van der Waals surface area contributed by atoms with E-state index in [2.05, 4.69) is 25.7 Å². The van der Waals surface area contributed by atoms with Crippen LogP contribution in [0.25, 0.3) is 11.4 Å². The smallest absolute Gasteiger partial charge is 0.237 e. The molecule has 2 aromatic heterocycles. The summed E-state index contributed by atoms with van der Waals surface area (Å²) in [4.78, 5) is 4.36. The molecule has 1 aliphatic heterocycles. The minimum absolute atomic E-state index is 0.235. The highest BCUT2D eigenvalue weighted by atomic mass is 32.2. The molecule has 112 valence electrons. The molecule has 22 heavy (non-hydrogen) atoms. The molecule has 0 spiro atoms. The van der Waals surface area contributed by atoms with E-state index in [-0.39, 0.29) is 6.79 Å². The number of hydrogen-bond donors (Lipinski definition) is 0. The van der Waals surface area contributed by atoms with Gasteiger partial charge < -0.3 is 14.0 Å². The van der Waals surface area contributed by atoms with Gasteiger partial charge in [0.1, 0.15) is 0 Å². The maximum atomic E-state index is 5.34. The minimum Gasteiger partial charge on any atom is -0.454 e. The molecule has 1 aromatic carbocycles. The molecule has 3 heterocycles. The molecule has 0 fully saturated rings. The fourth-order valence-electron chi connectivity index (χ4n) is 1.94. The first kappa shape index (κ1) is 13.1. The summed E-state index contributed by atoms with van der Waals surface area (Å²) in [6.07, 6.45) is 0. The number of thioether (sulfide) groups is 1. The monoisotopic (exact) mass is 318 g/mol. The lowest BCUT2D eigenvalue weighted by molar-refractivity contribution is 0.174. The van der Waals surface area contributed by atoms with Crippen LogP contribution in [-0.4, -0.2) is 37.1 Å². The van der Waals surface area contributed by atoms with E-state index in [1.54, 1.807) is 11.7 Å². The summed E-state index contributed by atoms with van der Waals surface area (Å²) < 4.78 is 17.4. The molecule has 0 saturated carbocycles. The zero-order valence-corrected chi connectivity index (χ0v) is 12.3. The molecule has 10 heteroatoms. The quantitative estimate of drug-likeness (QED) is 0.658. The zero-order valence-electron chi connectivity index (χ0n) is 11.5. The molecule has 0 unspecified atom stereocenters. The third-order valence-electron chi connectivity index (χ3n) is 3.00. The average molecular weight is 318 g/mol. The lowest BCUT2D eigenvalue weighted by Gasteiger charge is -1.97. The molecule has 4 rings (SSSR count). The first-order chi connectivity index (χ1) is 10.8. The van der Waals surface area contributed by atoms with Gasteiger partial charge in [-0.2, -0.15) is 4.98 Å². The van der Waals surface area contributed by atoms with Crippen molar-refractivity contribution in [3.8, 4) is 22.9 Å². The Morgan fingerprint density at radius 1 is 1.27 bits per heavy atom. The number of tetrazole rings is 1. The van der Waals surface area contributed by atoms with Crippen LogP contribution in [0.3, 0.4) is 0 Å². The summed E-state index contributed by atoms with van der Waals surface area (Å²) in [5, 5.41) is 15.9. The van der Waals surface area contributed by atoms with Crippen LogP contribution in [0, 0.1) is 0 Å². The Kier molecular flexibility index (Phi) is 3.15. The van der Waals surface area contributed by atoms with Crippen LogP contribution in [-0.2, 0) is 12.8 Å². The normalized spacial score (nSPS) is 12.8. The number of hydrogen-bond acceptors (Lipinski definition) is 9. The van der Waals surface area contributed by atoms with Gasteiger partial charge >= 0.3 is 0 Å². The van der Waals surface area contributed by atoms with Gasteiger partial charge in [0.25, 0.3) is 0 Å². The Labute approximate surface area is 128 Å². The highest BCUT2D eigenvalue weighted by Gasteiger charge is 2.17. The molecule has 0 saturated heterocycles. The lowest BCUT2D eigenvalue weighted by Crippen LogP contribution is -1.93. The largest absolute Gasteiger partial charge is 0.454 e. The number of fused-ring (bicyclic) bond motifs is 1. The van der Waals surface area contributed by atoms with Gasteiger partial charge in [0, 0.05) is 12.6 Å². The molecule has 0 atom stereocenters. The van der Waals surface area contributed by atoms with Crippen molar-refractivity contribution in [1.29, 1.82) is 0 Å². The Morgan fingerprint density at radius 2 is 2.18 bits per heavy atom. The number of benzene rings is 1. The average Bonchev–Trinajstić information content (AvgIpc) is 3.25. The Hall–Kier alpha value is -2.62. The maximum absolute atomic E-state index is 5.34. The van der Waals surface area contributed by atoms with E-state index in [1.165, 1.54) is 11.8 Å². The van der Waals surface area contributed by atoms with E-state index in [9.17, 15) is 0 Å². The van der Waals surface area contributed by atoms with Crippen molar-refractivity contribution in [2.45, 2.75) is 10.9 Å². The van der Waals surface area contributed by atoms with Crippen LogP contribution in [0.4, 0.5) is 0 Å². The highest BCUT2D eigenvalue weighted by Crippen LogP contribution is 2.35. The van der Waals surface area contributed by atoms with Gasteiger partial charge in [-0.3, -0.25) is 0 Å². The second-order valence-corrected chi connectivity index (χ2v) is 5.40. The van der Waals surface area contributed by atoms with E-state index in [0.717, 1.165) is 11.3 Å². The predicted molar refractivity (Wildman–Crippen MR) is 74.2 cm³/mol. The van der Waals surface area contributed by atoms with Crippen molar-refractivity contribution in [2.24, 2.45) is 7.05 Å². The molecule has 0 radical (unpaired) electrons. The summed E-state index contributed by atoms with van der Waals surface area (Å²) in [7, 11) is 1.77. The van der Waals surface area contributed by atoms with E-state index >= 15 is 0 Å². The molecule has 0 aliphatic carbocycles. The fourth-order valence-corrected chi connectivity index (χ4v) is 2.62. The van der Waals surface area contributed by atoms with Crippen molar-refractivity contribution >= 4 is 11.8 Å². The van der Waals surface area contributed by atoms with Crippen LogP contribution in [0.5, 0.6) is 11.5 Å². The molecule has 0 amide bonds. The standard InChI is InChI=1S/C12H10N6O3S/c1-18-12(14-16-17-18)22-5-10-13-11(15-21-10)7-2-3-8-9(4-7)20-6-19-8/h2-4H,5-6H2,1H3. The Morgan fingerprint density at radius 3 is 3.05 bits per heavy atom. The van der Waals surface area contributed by atoms with Gasteiger partial charge in [-0.05, 0) is 28.6 Å². The zero-order chi connectivity index (χ0) is 14.9. The summed E-state index contributed by atoms with van der Waals surface area (Å²) in [5.41, 5.74) is 0.810. The summed E-state index contributed by atoms with van der Waals surface area (Å²) in [6, 6.07) is 5.52. The van der Waals surface area contributed by atoms with Crippen LogP contribution in [0.1, 0.15) is 5.89 Å². The Bertz CT molecular complexity index is 817. The minimum atomic E-state index is 0.235. The van der Waals surface area contributed by atoms with Crippen molar-refractivity contribution in [1.82, 2.24) is 30.3 Å². The molecular weight excluding hydrogens is 308 g/mol. The molecule has 3 aromatic rings.